The van der Waals surface area contributed by atoms with Crippen LogP contribution in [0.1, 0.15) is 31.2 Å². The average Bonchev–Trinajstić information content (AvgIpc) is 2.86. The number of nitrogens with two attached hydrogens (primary N) is 1. The highest BCUT2D eigenvalue weighted by Gasteiger charge is 2.24. The van der Waals surface area contributed by atoms with Gasteiger partial charge in [0.2, 0.25) is 0 Å². The monoisotopic (exact) mass is 210 g/mol. The summed E-state index contributed by atoms with van der Waals surface area (Å²) in [6.45, 7) is 0. The zero-order valence-electron chi connectivity index (χ0n) is 8.41. The molecule has 1 atom stereocenters. The Morgan fingerprint density at radius 3 is 2.86 bits per heavy atom. The van der Waals surface area contributed by atoms with E-state index in [4.69, 9.17) is 5.84 Å². The van der Waals surface area contributed by atoms with Gasteiger partial charge in [-0.15, -0.1) is 0 Å². The summed E-state index contributed by atoms with van der Waals surface area (Å²) in [6, 6.07) is 2.68. The maximum absolute atomic E-state index is 5.62. The summed E-state index contributed by atoms with van der Waals surface area (Å²) < 4.78 is 0. The van der Waals surface area contributed by atoms with Crippen LogP contribution in [0.2, 0.25) is 0 Å². The van der Waals surface area contributed by atoms with E-state index in [0.717, 1.165) is 12.3 Å². The van der Waals surface area contributed by atoms with Crippen molar-refractivity contribution in [2.24, 2.45) is 11.8 Å². The third kappa shape index (κ3) is 2.35. The van der Waals surface area contributed by atoms with Crippen LogP contribution < -0.4 is 11.3 Å². The lowest BCUT2D eigenvalue weighted by Gasteiger charge is -2.21. The molecule has 78 valence electrons. The van der Waals surface area contributed by atoms with E-state index in [9.17, 15) is 0 Å². The average molecular weight is 210 g/mol. The zero-order valence-corrected chi connectivity index (χ0v) is 9.22. The van der Waals surface area contributed by atoms with Crippen molar-refractivity contribution in [3.63, 3.8) is 0 Å². The molecule has 2 nitrogen and oxygen atoms in total. The van der Waals surface area contributed by atoms with Crippen LogP contribution in [0, 0.1) is 5.92 Å². The first-order valence-corrected chi connectivity index (χ1v) is 6.31. The normalized spacial score (nSPS) is 20.1. The predicted octanol–water partition coefficient (Wildman–Crippen LogP) is 2.31. The van der Waals surface area contributed by atoms with Crippen LogP contribution in [0.4, 0.5) is 0 Å². The maximum atomic E-state index is 5.62. The van der Waals surface area contributed by atoms with Crippen molar-refractivity contribution in [3.05, 3.63) is 22.4 Å². The van der Waals surface area contributed by atoms with E-state index in [1.165, 1.54) is 31.2 Å². The topological polar surface area (TPSA) is 38.0 Å². The summed E-state index contributed by atoms with van der Waals surface area (Å²) in [7, 11) is 0. The van der Waals surface area contributed by atoms with Gasteiger partial charge in [0.25, 0.3) is 0 Å². The maximum Gasteiger partial charge on any atom is 0.0279 e. The van der Waals surface area contributed by atoms with E-state index >= 15 is 0 Å². The Morgan fingerprint density at radius 1 is 1.50 bits per heavy atom. The molecule has 0 spiro atoms. The third-order valence-electron chi connectivity index (χ3n) is 3.22. The lowest BCUT2D eigenvalue weighted by molar-refractivity contribution is 0.361. The molecule has 3 N–H and O–H groups in total. The first kappa shape index (κ1) is 10.1. The lowest BCUT2D eigenvalue weighted by atomic mass is 9.94. The highest BCUT2D eigenvalue weighted by Crippen LogP contribution is 2.29. The van der Waals surface area contributed by atoms with Crippen LogP contribution in [-0.2, 0) is 6.42 Å². The Hall–Kier alpha value is -0.380. The van der Waals surface area contributed by atoms with Crippen molar-refractivity contribution in [2.45, 2.75) is 38.1 Å². The summed E-state index contributed by atoms with van der Waals surface area (Å²) in [5.41, 5.74) is 4.41. The van der Waals surface area contributed by atoms with Gasteiger partial charge in [0.15, 0.2) is 0 Å². The summed E-state index contributed by atoms with van der Waals surface area (Å²) >= 11 is 1.77. The SMILES string of the molecule is NNC(Cc1ccsc1)C1CCCC1. The van der Waals surface area contributed by atoms with Gasteiger partial charge in [-0.2, -0.15) is 11.3 Å². The van der Waals surface area contributed by atoms with Gasteiger partial charge in [-0.3, -0.25) is 11.3 Å². The second-order valence-corrected chi connectivity index (χ2v) is 4.93. The molecule has 0 saturated heterocycles. The Kier molecular flexibility index (Phi) is 3.56. The van der Waals surface area contributed by atoms with Crippen molar-refractivity contribution in [1.82, 2.24) is 5.43 Å². The van der Waals surface area contributed by atoms with Crippen LogP contribution in [0.5, 0.6) is 0 Å². The van der Waals surface area contributed by atoms with Crippen LogP contribution in [-0.4, -0.2) is 6.04 Å². The van der Waals surface area contributed by atoms with Gasteiger partial charge in [-0.05, 0) is 47.6 Å². The molecular formula is C11H18N2S. The molecule has 1 fully saturated rings. The molecule has 0 radical (unpaired) electrons. The fraction of sp³-hybridized carbons (Fsp3) is 0.636. The molecule has 3 heteroatoms. The van der Waals surface area contributed by atoms with Crippen LogP contribution in [0.25, 0.3) is 0 Å². The second-order valence-electron chi connectivity index (χ2n) is 4.15. The predicted molar refractivity (Wildman–Crippen MR) is 61.1 cm³/mol. The van der Waals surface area contributed by atoms with E-state index < -0.39 is 0 Å². The summed E-state index contributed by atoms with van der Waals surface area (Å²) in [5, 5.41) is 4.36. The van der Waals surface area contributed by atoms with Gasteiger partial charge in [0, 0.05) is 6.04 Å². The minimum absolute atomic E-state index is 0.479. The number of rotatable bonds is 4. The molecule has 1 aliphatic rings. The van der Waals surface area contributed by atoms with E-state index in [1.54, 1.807) is 11.3 Å². The Labute approximate surface area is 89.5 Å². The van der Waals surface area contributed by atoms with Crippen molar-refractivity contribution >= 4 is 11.3 Å². The smallest absolute Gasteiger partial charge is 0.0279 e. The van der Waals surface area contributed by atoms with Crippen LogP contribution in [0.15, 0.2) is 16.8 Å². The molecule has 0 aliphatic heterocycles. The van der Waals surface area contributed by atoms with Crippen molar-refractivity contribution < 1.29 is 0 Å². The highest BCUT2D eigenvalue weighted by molar-refractivity contribution is 7.07. The van der Waals surface area contributed by atoms with Crippen LogP contribution in [0.3, 0.4) is 0 Å². The first-order valence-electron chi connectivity index (χ1n) is 5.37. The summed E-state index contributed by atoms with van der Waals surface area (Å²) in [6.07, 6.45) is 6.54. The summed E-state index contributed by atoms with van der Waals surface area (Å²) in [4.78, 5) is 0. The molecule has 0 aromatic carbocycles. The third-order valence-corrected chi connectivity index (χ3v) is 3.95. The molecule has 1 aliphatic carbocycles. The molecule has 14 heavy (non-hydrogen) atoms. The molecule has 1 heterocycles. The standard InChI is InChI=1S/C11H18N2S/c12-13-11(10-3-1-2-4-10)7-9-5-6-14-8-9/h5-6,8,10-11,13H,1-4,7,12H2. The minimum atomic E-state index is 0.479. The number of hydrazine groups is 1. The molecule has 2 rings (SSSR count). The van der Waals surface area contributed by atoms with Gasteiger partial charge in [-0.1, -0.05) is 12.8 Å². The lowest BCUT2D eigenvalue weighted by Crippen LogP contribution is -2.41. The van der Waals surface area contributed by atoms with E-state index in [0.29, 0.717) is 6.04 Å². The summed E-state index contributed by atoms with van der Waals surface area (Å²) in [5.74, 6) is 6.41. The van der Waals surface area contributed by atoms with Crippen LogP contribution >= 0.6 is 11.3 Å². The Balaban J connectivity index is 1.92. The van der Waals surface area contributed by atoms with E-state index in [-0.39, 0.29) is 0 Å². The van der Waals surface area contributed by atoms with Crippen molar-refractivity contribution in [1.29, 1.82) is 0 Å². The number of thiophene rings is 1. The Bertz CT molecular complexity index is 252. The molecule has 1 unspecified atom stereocenters. The van der Waals surface area contributed by atoms with Crippen molar-refractivity contribution in [2.75, 3.05) is 0 Å². The van der Waals surface area contributed by atoms with Gasteiger partial charge in [0.1, 0.15) is 0 Å². The Morgan fingerprint density at radius 2 is 2.29 bits per heavy atom. The van der Waals surface area contributed by atoms with Gasteiger partial charge < -0.3 is 0 Å². The fourth-order valence-electron chi connectivity index (χ4n) is 2.38. The van der Waals surface area contributed by atoms with Gasteiger partial charge in [0.05, 0.1) is 0 Å². The molecule has 1 aromatic heterocycles. The highest BCUT2D eigenvalue weighted by atomic mass is 32.1. The molecule has 0 amide bonds. The second kappa shape index (κ2) is 4.91. The van der Waals surface area contributed by atoms with E-state index in [2.05, 4.69) is 22.3 Å². The molecular weight excluding hydrogens is 192 g/mol. The quantitative estimate of drug-likeness (QED) is 0.591. The largest absolute Gasteiger partial charge is 0.271 e. The van der Waals surface area contributed by atoms with Crippen molar-refractivity contribution in [3.8, 4) is 0 Å². The zero-order chi connectivity index (χ0) is 9.80. The van der Waals surface area contributed by atoms with Gasteiger partial charge >= 0.3 is 0 Å². The number of nitrogens with one attached hydrogen (secondary N) is 1. The minimum Gasteiger partial charge on any atom is -0.271 e. The molecule has 1 aromatic rings. The fourth-order valence-corrected chi connectivity index (χ4v) is 3.07. The molecule has 1 saturated carbocycles. The number of hydrogen-bond donors (Lipinski definition) is 2. The molecule has 0 bridgehead atoms. The number of hydrogen-bond acceptors (Lipinski definition) is 3. The first-order chi connectivity index (χ1) is 6.90. The van der Waals surface area contributed by atoms with Gasteiger partial charge in [-0.25, -0.2) is 0 Å². The van der Waals surface area contributed by atoms with E-state index in [1.807, 2.05) is 0 Å².